The van der Waals surface area contributed by atoms with Crippen LogP contribution >= 0.6 is 0 Å². The highest BCUT2D eigenvalue weighted by Crippen LogP contribution is 2.12. The molecule has 1 amide bonds. The first-order chi connectivity index (χ1) is 10.6. The Hall–Kier alpha value is -2.64. The zero-order valence-corrected chi connectivity index (χ0v) is 12.8. The normalized spacial score (nSPS) is 11.7. The second-order valence-electron chi connectivity index (χ2n) is 5.26. The minimum atomic E-state index is -0.272. The summed E-state index contributed by atoms with van der Waals surface area (Å²) in [6.07, 6.45) is 0. The molecule has 4 heteroatoms. The Bertz CT molecular complexity index is 676. The molecule has 2 aromatic rings. The molecule has 0 unspecified atom stereocenters. The van der Waals surface area contributed by atoms with Gasteiger partial charge in [-0.2, -0.15) is 5.26 Å². The molecule has 22 heavy (non-hydrogen) atoms. The molecule has 112 valence electrons. The van der Waals surface area contributed by atoms with Crippen LogP contribution in [0, 0.1) is 11.3 Å². The van der Waals surface area contributed by atoms with Gasteiger partial charge in [0.2, 0.25) is 5.91 Å². The molecule has 1 atom stereocenters. The third-order valence-electron chi connectivity index (χ3n) is 3.57. The van der Waals surface area contributed by atoms with Crippen molar-refractivity contribution in [2.75, 3.05) is 12.4 Å². The van der Waals surface area contributed by atoms with Crippen LogP contribution in [0.15, 0.2) is 54.6 Å². The van der Waals surface area contributed by atoms with E-state index in [1.165, 1.54) is 0 Å². The topological polar surface area (TPSA) is 56.1 Å². The number of carbonyl (C=O) groups is 1. The summed E-state index contributed by atoms with van der Waals surface area (Å²) < 4.78 is 0. The maximum absolute atomic E-state index is 12.3. The molecule has 4 nitrogen and oxygen atoms in total. The third-order valence-corrected chi connectivity index (χ3v) is 3.57. The molecule has 0 saturated heterocycles. The Morgan fingerprint density at radius 3 is 2.64 bits per heavy atom. The lowest BCUT2D eigenvalue weighted by atomic mass is 10.1. The molecule has 0 aliphatic rings. The molecule has 0 fully saturated rings. The predicted molar refractivity (Wildman–Crippen MR) is 87.2 cm³/mol. The summed E-state index contributed by atoms with van der Waals surface area (Å²) in [5.41, 5.74) is 2.34. The number of amides is 1. The lowest BCUT2D eigenvalue weighted by molar-refractivity contribution is -0.120. The molecular formula is C18H19N3O. The average molecular weight is 293 g/mol. The van der Waals surface area contributed by atoms with Crippen LogP contribution in [0.25, 0.3) is 0 Å². The maximum atomic E-state index is 12.3. The molecule has 0 aliphatic carbocycles. The van der Waals surface area contributed by atoms with E-state index in [-0.39, 0.29) is 11.9 Å². The molecule has 0 saturated carbocycles. The van der Waals surface area contributed by atoms with E-state index in [1.807, 2.05) is 49.2 Å². The number of nitriles is 1. The van der Waals surface area contributed by atoms with Crippen molar-refractivity contribution in [3.05, 3.63) is 65.7 Å². The Morgan fingerprint density at radius 2 is 1.95 bits per heavy atom. The molecule has 0 radical (unpaired) electrons. The van der Waals surface area contributed by atoms with Gasteiger partial charge in [0.25, 0.3) is 0 Å². The molecule has 0 aromatic heterocycles. The number of nitrogens with zero attached hydrogens (tertiary/aromatic N) is 2. The van der Waals surface area contributed by atoms with Gasteiger partial charge < -0.3 is 5.32 Å². The number of anilines is 1. The zero-order valence-electron chi connectivity index (χ0n) is 12.8. The minimum absolute atomic E-state index is 0.0893. The summed E-state index contributed by atoms with van der Waals surface area (Å²) in [5.74, 6) is -0.0893. The number of benzene rings is 2. The predicted octanol–water partition coefficient (Wildman–Crippen LogP) is 3.02. The smallest absolute Gasteiger partial charge is 0.241 e. The Morgan fingerprint density at radius 1 is 1.23 bits per heavy atom. The summed E-state index contributed by atoms with van der Waals surface area (Å²) in [6, 6.07) is 18.7. The Labute approximate surface area is 131 Å². The van der Waals surface area contributed by atoms with Crippen molar-refractivity contribution in [3.8, 4) is 6.07 Å². The molecule has 0 bridgehead atoms. The summed E-state index contributed by atoms with van der Waals surface area (Å²) in [4.78, 5) is 14.3. The molecule has 2 rings (SSSR count). The number of rotatable bonds is 5. The monoisotopic (exact) mass is 293 g/mol. The highest BCUT2D eigenvalue weighted by molar-refractivity contribution is 5.94. The fraction of sp³-hybridized carbons (Fsp3) is 0.222. The number of hydrogen-bond donors (Lipinski definition) is 1. The van der Waals surface area contributed by atoms with Gasteiger partial charge in [-0.25, -0.2) is 0 Å². The van der Waals surface area contributed by atoms with E-state index in [2.05, 4.69) is 11.4 Å². The average Bonchev–Trinajstić information content (AvgIpc) is 2.55. The van der Waals surface area contributed by atoms with Crippen LogP contribution in [0.2, 0.25) is 0 Å². The van der Waals surface area contributed by atoms with Gasteiger partial charge in [0.05, 0.1) is 17.7 Å². The van der Waals surface area contributed by atoms with Crippen molar-refractivity contribution in [1.82, 2.24) is 4.90 Å². The fourth-order valence-corrected chi connectivity index (χ4v) is 2.12. The Kier molecular flexibility index (Phi) is 5.29. The highest BCUT2D eigenvalue weighted by Gasteiger charge is 2.18. The van der Waals surface area contributed by atoms with Crippen molar-refractivity contribution >= 4 is 11.6 Å². The fourth-order valence-electron chi connectivity index (χ4n) is 2.12. The van der Waals surface area contributed by atoms with Crippen LogP contribution < -0.4 is 5.32 Å². The van der Waals surface area contributed by atoms with E-state index in [0.717, 1.165) is 5.56 Å². The van der Waals surface area contributed by atoms with Crippen molar-refractivity contribution in [2.24, 2.45) is 0 Å². The number of carbonyl (C=O) groups excluding carboxylic acids is 1. The van der Waals surface area contributed by atoms with E-state index < -0.39 is 0 Å². The minimum Gasteiger partial charge on any atom is -0.325 e. The molecule has 0 spiro atoms. The van der Waals surface area contributed by atoms with Gasteiger partial charge in [0.1, 0.15) is 0 Å². The van der Waals surface area contributed by atoms with Gasteiger partial charge in [0, 0.05) is 12.2 Å². The van der Waals surface area contributed by atoms with Crippen molar-refractivity contribution < 1.29 is 4.79 Å². The second kappa shape index (κ2) is 7.39. The number of hydrogen-bond acceptors (Lipinski definition) is 3. The van der Waals surface area contributed by atoms with E-state index in [1.54, 1.807) is 24.3 Å². The van der Waals surface area contributed by atoms with E-state index in [0.29, 0.717) is 17.8 Å². The first-order valence-corrected chi connectivity index (χ1v) is 7.15. The van der Waals surface area contributed by atoms with Gasteiger partial charge in [0.15, 0.2) is 0 Å². The Balaban J connectivity index is 1.98. The molecule has 0 aliphatic heterocycles. The lowest BCUT2D eigenvalue weighted by Crippen LogP contribution is -2.39. The van der Waals surface area contributed by atoms with E-state index in [4.69, 9.17) is 5.26 Å². The number of likely N-dealkylation sites (N-methyl/N-ethyl adjacent to an activating group) is 1. The second-order valence-corrected chi connectivity index (χ2v) is 5.26. The van der Waals surface area contributed by atoms with Crippen LogP contribution in [-0.4, -0.2) is 23.9 Å². The zero-order chi connectivity index (χ0) is 15.9. The maximum Gasteiger partial charge on any atom is 0.241 e. The van der Waals surface area contributed by atoms with Gasteiger partial charge in [-0.3, -0.25) is 9.69 Å². The summed E-state index contributed by atoms with van der Waals surface area (Å²) >= 11 is 0. The van der Waals surface area contributed by atoms with Gasteiger partial charge in [-0.15, -0.1) is 0 Å². The van der Waals surface area contributed by atoms with Gasteiger partial charge in [-0.05, 0) is 37.7 Å². The van der Waals surface area contributed by atoms with E-state index in [9.17, 15) is 4.79 Å². The van der Waals surface area contributed by atoms with Crippen LogP contribution in [0.4, 0.5) is 5.69 Å². The summed E-state index contributed by atoms with van der Waals surface area (Å²) in [7, 11) is 1.92. The third kappa shape index (κ3) is 4.18. The van der Waals surface area contributed by atoms with Crippen molar-refractivity contribution in [3.63, 3.8) is 0 Å². The summed E-state index contributed by atoms with van der Waals surface area (Å²) in [5, 5.41) is 11.7. The lowest BCUT2D eigenvalue weighted by Gasteiger charge is -2.24. The van der Waals surface area contributed by atoms with Gasteiger partial charge in [-0.1, -0.05) is 36.4 Å². The first-order valence-electron chi connectivity index (χ1n) is 7.15. The van der Waals surface area contributed by atoms with Crippen LogP contribution in [0.1, 0.15) is 18.1 Å². The summed E-state index contributed by atoms with van der Waals surface area (Å²) in [6.45, 7) is 2.57. The first kappa shape index (κ1) is 15.7. The van der Waals surface area contributed by atoms with Crippen molar-refractivity contribution in [1.29, 1.82) is 5.26 Å². The van der Waals surface area contributed by atoms with Crippen LogP contribution in [-0.2, 0) is 11.3 Å². The molecular weight excluding hydrogens is 274 g/mol. The van der Waals surface area contributed by atoms with Gasteiger partial charge >= 0.3 is 0 Å². The SMILES string of the molecule is C[C@@H](C(=O)Nc1cccc(C#N)c1)N(C)Cc1ccccc1. The largest absolute Gasteiger partial charge is 0.325 e. The molecule has 1 N–H and O–H groups in total. The molecule has 2 aromatic carbocycles. The van der Waals surface area contributed by atoms with E-state index >= 15 is 0 Å². The molecule has 0 heterocycles. The van der Waals surface area contributed by atoms with Crippen LogP contribution in [0.3, 0.4) is 0 Å². The number of nitrogens with one attached hydrogen (secondary N) is 1. The van der Waals surface area contributed by atoms with Crippen molar-refractivity contribution in [2.45, 2.75) is 19.5 Å². The highest BCUT2D eigenvalue weighted by atomic mass is 16.2. The quantitative estimate of drug-likeness (QED) is 0.922. The van der Waals surface area contributed by atoms with Crippen LogP contribution in [0.5, 0.6) is 0 Å². The standard InChI is InChI=1S/C18H19N3O/c1-14(21(2)13-15-7-4-3-5-8-15)18(22)20-17-10-6-9-16(11-17)12-19/h3-11,14H,13H2,1-2H3,(H,20,22)/t14-/m0/s1.